The van der Waals surface area contributed by atoms with E-state index in [9.17, 15) is 0 Å². The fraction of sp³-hybridized carbons (Fsp3) is 0.233. The average molecular weight is 449 g/mol. The summed E-state index contributed by atoms with van der Waals surface area (Å²) in [5, 5.41) is 7.81. The highest BCUT2D eigenvalue weighted by atomic mass is 28.3. The van der Waals surface area contributed by atoms with E-state index in [1.54, 1.807) is 0 Å². The number of benzene rings is 4. The average Bonchev–Trinajstić information content (AvgIpc) is 2.74. The molecule has 0 saturated heterocycles. The van der Waals surface area contributed by atoms with Gasteiger partial charge in [0.1, 0.15) is 12.8 Å². The molecule has 2 nitrogen and oxygen atoms in total. The van der Waals surface area contributed by atoms with Crippen LogP contribution in [0.25, 0.3) is 43.7 Å². The molecule has 6 rings (SSSR count). The Bertz CT molecular complexity index is 1660. The third kappa shape index (κ3) is 2.82. The Morgan fingerprint density at radius 3 is 2.21 bits per heavy atom. The monoisotopic (exact) mass is 448 g/mol. The van der Waals surface area contributed by atoms with Gasteiger partial charge >= 0.3 is 0 Å². The van der Waals surface area contributed by atoms with E-state index in [1.165, 1.54) is 65.6 Å². The van der Waals surface area contributed by atoms with Crippen LogP contribution in [0, 0.1) is 20.8 Å². The van der Waals surface area contributed by atoms with E-state index >= 15 is 0 Å². The predicted molar refractivity (Wildman–Crippen MR) is 143 cm³/mol. The number of aromatic nitrogens is 1. The number of ether oxygens (including phenoxy) is 1. The van der Waals surface area contributed by atoms with Crippen LogP contribution >= 0.6 is 0 Å². The van der Waals surface area contributed by atoms with E-state index in [0.29, 0.717) is 0 Å². The van der Waals surface area contributed by atoms with Gasteiger partial charge in [0.2, 0.25) is 5.52 Å². The highest BCUT2D eigenvalue weighted by Gasteiger charge is 2.38. The number of nitrogens with zero attached hydrogens (tertiary/aromatic N) is 1. The summed E-state index contributed by atoms with van der Waals surface area (Å²) in [6, 6.07) is 20.2. The van der Waals surface area contributed by atoms with Crippen LogP contribution < -0.4 is 14.5 Å². The van der Waals surface area contributed by atoms with E-state index in [-0.39, 0.29) is 0 Å². The molecule has 4 aromatic carbocycles. The van der Waals surface area contributed by atoms with Crippen LogP contribution in [0.2, 0.25) is 19.6 Å². The van der Waals surface area contributed by atoms with Gasteiger partial charge in [-0.1, -0.05) is 56.0 Å². The summed E-state index contributed by atoms with van der Waals surface area (Å²) in [4.78, 5) is 0. The Morgan fingerprint density at radius 1 is 0.818 bits per heavy atom. The summed E-state index contributed by atoms with van der Waals surface area (Å²) >= 11 is 0. The molecular weight excluding hydrogens is 418 g/mol. The lowest BCUT2D eigenvalue weighted by Crippen LogP contribution is -2.45. The first kappa shape index (κ1) is 20.4. The van der Waals surface area contributed by atoms with Gasteiger partial charge in [-0.3, -0.25) is 0 Å². The van der Waals surface area contributed by atoms with Crippen molar-refractivity contribution in [2.75, 3.05) is 0 Å². The maximum absolute atomic E-state index is 6.90. The quantitative estimate of drug-likeness (QED) is 0.147. The Morgan fingerprint density at radius 2 is 1.52 bits per heavy atom. The van der Waals surface area contributed by atoms with E-state index < -0.39 is 8.07 Å². The third-order valence-electron chi connectivity index (χ3n) is 7.34. The molecule has 0 atom stereocenters. The highest BCUT2D eigenvalue weighted by molar-refractivity contribution is 6.91. The number of hydrogen-bond donors (Lipinski definition) is 0. The maximum atomic E-state index is 6.90. The minimum Gasteiger partial charge on any atom is -0.450 e. The lowest BCUT2D eigenvalue weighted by atomic mass is 9.89. The normalized spacial score (nSPS) is 12.9. The van der Waals surface area contributed by atoms with Crippen LogP contribution in [-0.2, 0) is 7.05 Å². The second-order valence-corrected chi connectivity index (χ2v) is 15.7. The highest BCUT2D eigenvalue weighted by Crippen LogP contribution is 2.48. The van der Waals surface area contributed by atoms with Crippen molar-refractivity contribution in [3.63, 3.8) is 0 Å². The Kier molecular flexibility index (Phi) is 4.13. The predicted octanol–water partition coefficient (Wildman–Crippen LogP) is 7.21. The van der Waals surface area contributed by atoms with Crippen molar-refractivity contribution in [2.45, 2.75) is 40.4 Å². The molecule has 164 valence electrons. The van der Waals surface area contributed by atoms with Gasteiger partial charge < -0.3 is 4.74 Å². The molecule has 2 heterocycles. The van der Waals surface area contributed by atoms with Gasteiger partial charge in [-0.15, -0.1) is 0 Å². The first-order chi connectivity index (χ1) is 15.6. The van der Waals surface area contributed by atoms with Crippen LogP contribution in [0.4, 0.5) is 0 Å². The number of pyridine rings is 1. The van der Waals surface area contributed by atoms with Crippen molar-refractivity contribution in [1.29, 1.82) is 0 Å². The minimum absolute atomic E-state index is 0.996. The zero-order valence-corrected chi connectivity index (χ0v) is 21.6. The number of fused-ring (bicyclic) bond motifs is 4. The van der Waals surface area contributed by atoms with Gasteiger partial charge in [0.15, 0.2) is 5.75 Å². The summed E-state index contributed by atoms with van der Waals surface area (Å²) in [6.07, 6.45) is 0. The molecular formula is C30H30NOSi+. The molecule has 1 aliphatic rings. The van der Waals surface area contributed by atoms with Crippen molar-refractivity contribution in [2.24, 2.45) is 7.05 Å². The topological polar surface area (TPSA) is 13.1 Å². The zero-order valence-electron chi connectivity index (χ0n) is 20.6. The number of rotatable bonds is 1. The Balaban J connectivity index is 1.89. The number of aryl methyl sites for hydroxylation is 3. The standard InChI is InChI=1S/C30H30NOSi/c1-17-12-22-14-18(2)19(3)26-27(22)25(13-17)32-29-28(26)31(4)24-16-21-11-9-8-10-20(21)15-23(24)30(29)33(5,6)7/h8-16H,1-7H3/q+1. The van der Waals surface area contributed by atoms with E-state index in [2.05, 4.69) is 107 Å². The summed E-state index contributed by atoms with van der Waals surface area (Å²) in [5.41, 5.74) is 7.74. The second-order valence-electron chi connectivity index (χ2n) is 10.7. The van der Waals surface area contributed by atoms with Gasteiger partial charge in [0, 0.05) is 22.0 Å². The maximum Gasteiger partial charge on any atom is 0.256 e. The lowest BCUT2D eigenvalue weighted by Gasteiger charge is -2.28. The molecule has 0 N–H and O–H groups in total. The molecule has 5 aromatic rings. The molecule has 0 radical (unpaired) electrons. The summed E-state index contributed by atoms with van der Waals surface area (Å²) in [6.45, 7) is 14.0. The molecule has 33 heavy (non-hydrogen) atoms. The van der Waals surface area contributed by atoms with Crippen molar-refractivity contribution < 1.29 is 9.30 Å². The van der Waals surface area contributed by atoms with Gasteiger partial charge in [-0.2, -0.15) is 4.57 Å². The van der Waals surface area contributed by atoms with E-state index in [0.717, 1.165) is 11.5 Å². The van der Waals surface area contributed by atoms with Gasteiger partial charge in [0.05, 0.1) is 13.6 Å². The summed E-state index contributed by atoms with van der Waals surface area (Å²) in [5.74, 6) is 2.06. The molecule has 0 amide bonds. The zero-order chi connectivity index (χ0) is 23.2. The second kappa shape index (κ2) is 6.68. The molecule has 0 aliphatic carbocycles. The first-order valence-electron chi connectivity index (χ1n) is 11.8. The molecule has 3 heteroatoms. The van der Waals surface area contributed by atoms with Crippen molar-refractivity contribution in [1.82, 2.24) is 0 Å². The molecule has 0 fully saturated rings. The largest absolute Gasteiger partial charge is 0.450 e. The Hall–Kier alpha value is -3.17. The Labute approximate surface area is 196 Å². The van der Waals surface area contributed by atoms with Crippen LogP contribution in [0.15, 0.2) is 54.6 Å². The van der Waals surface area contributed by atoms with Crippen LogP contribution in [0.1, 0.15) is 16.7 Å². The smallest absolute Gasteiger partial charge is 0.256 e. The summed E-state index contributed by atoms with van der Waals surface area (Å²) < 4.78 is 9.28. The fourth-order valence-corrected chi connectivity index (χ4v) is 7.58. The minimum atomic E-state index is -1.77. The van der Waals surface area contributed by atoms with E-state index in [4.69, 9.17) is 4.74 Å². The van der Waals surface area contributed by atoms with Gasteiger partial charge in [-0.25, -0.2) is 0 Å². The van der Waals surface area contributed by atoms with Crippen LogP contribution in [0.3, 0.4) is 0 Å². The van der Waals surface area contributed by atoms with Crippen molar-refractivity contribution in [3.05, 3.63) is 71.3 Å². The molecule has 1 aromatic heterocycles. The SMILES string of the molecule is Cc1cc2c3c(c(C)c(C)cc3c1)-c1c(c([Si](C)(C)C)c3cc4ccccc4cc3[n+]1C)O2. The summed E-state index contributed by atoms with van der Waals surface area (Å²) in [7, 11) is 0.434. The lowest BCUT2D eigenvalue weighted by molar-refractivity contribution is -0.633. The van der Waals surface area contributed by atoms with E-state index in [1.807, 2.05) is 0 Å². The van der Waals surface area contributed by atoms with Crippen LogP contribution in [-0.4, -0.2) is 8.07 Å². The first-order valence-corrected chi connectivity index (χ1v) is 15.3. The van der Waals surface area contributed by atoms with Crippen molar-refractivity contribution in [3.8, 4) is 22.8 Å². The van der Waals surface area contributed by atoms with Gasteiger partial charge in [0.25, 0.3) is 5.69 Å². The van der Waals surface area contributed by atoms with Crippen LogP contribution in [0.5, 0.6) is 11.5 Å². The molecule has 0 saturated carbocycles. The molecule has 0 bridgehead atoms. The number of hydrogen-bond acceptors (Lipinski definition) is 1. The third-order valence-corrected chi connectivity index (χ3v) is 9.33. The molecule has 0 unspecified atom stereocenters. The molecule has 1 aliphatic heterocycles. The van der Waals surface area contributed by atoms with Gasteiger partial charge in [-0.05, 0) is 65.8 Å². The fourth-order valence-electron chi connectivity index (χ4n) is 5.72. The van der Waals surface area contributed by atoms with Crippen molar-refractivity contribution >= 4 is 45.7 Å². The molecule has 0 spiro atoms.